The van der Waals surface area contributed by atoms with E-state index in [0.29, 0.717) is 0 Å². The summed E-state index contributed by atoms with van der Waals surface area (Å²) < 4.78 is 0. The zero-order chi connectivity index (χ0) is 14.1. The van der Waals surface area contributed by atoms with Gasteiger partial charge >= 0.3 is 5.97 Å². The van der Waals surface area contributed by atoms with E-state index in [1.165, 1.54) is 0 Å². The van der Waals surface area contributed by atoms with Crippen molar-refractivity contribution in [2.24, 2.45) is 23.7 Å². The van der Waals surface area contributed by atoms with Gasteiger partial charge in [-0.1, -0.05) is 18.2 Å². The Balaban J connectivity index is 1.80. The van der Waals surface area contributed by atoms with Gasteiger partial charge in [-0.2, -0.15) is 0 Å². The van der Waals surface area contributed by atoms with E-state index in [1.54, 1.807) is 0 Å². The van der Waals surface area contributed by atoms with Gasteiger partial charge in [0.2, 0.25) is 5.91 Å². The number of carbonyl (C=O) groups excluding carboxylic acids is 1. The first-order valence-electron chi connectivity index (χ1n) is 7.25. The molecule has 2 atom stereocenters. The number of fused-ring (bicyclic) bond motifs is 3. The zero-order valence-electron chi connectivity index (χ0n) is 11.3. The molecule has 0 heterocycles. The maximum atomic E-state index is 12.5. The number of hydrogen-bond donors (Lipinski definition) is 2. The number of carboxylic acids is 1. The van der Waals surface area contributed by atoms with Crippen LogP contribution in [0.15, 0.2) is 30.3 Å². The van der Waals surface area contributed by atoms with E-state index < -0.39 is 11.9 Å². The van der Waals surface area contributed by atoms with Crippen LogP contribution in [0, 0.1) is 23.7 Å². The highest BCUT2D eigenvalue weighted by molar-refractivity contribution is 5.95. The molecule has 4 rings (SSSR count). The van der Waals surface area contributed by atoms with E-state index in [2.05, 4.69) is 5.32 Å². The summed E-state index contributed by atoms with van der Waals surface area (Å²) in [5.41, 5.74) is 0.739. The van der Waals surface area contributed by atoms with Crippen molar-refractivity contribution in [3.8, 4) is 0 Å². The summed E-state index contributed by atoms with van der Waals surface area (Å²) in [6.07, 6.45) is 3.89. The summed E-state index contributed by atoms with van der Waals surface area (Å²) in [5.74, 6) is -1.43. The fraction of sp³-hybridized carbons (Fsp3) is 0.500. The lowest BCUT2D eigenvalue weighted by atomic mass is 9.58. The molecule has 0 unspecified atom stereocenters. The molecular weight excluding hydrogens is 254 g/mol. The van der Waals surface area contributed by atoms with Crippen LogP contribution in [0.25, 0.3) is 0 Å². The van der Waals surface area contributed by atoms with Crippen LogP contribution in [0.2, 0.25) is 0 Å². The summed E-state index contributed by atoms with van der Waals surface area (Å²) >= 11 is 0. The number of anilines is 1. The van der Waals surface area contributed by atoms with Crippen LogP contribution < -0.4 is 5.32 Å². The molecule has 0 aromatic heterocycles. The van der Waals surface area contributed by atoms with Crippen LogP contribution in [0.4, 0.5) is 5.69 Å². The maximum Gasteiger partial charge on any atom is 0.307 e. The molecule has 4 heteroatoms. The van der Waals surface area contributed by atoms with Crippen molar-refractivity contribution in [1.29, 1.82) is 0 Å². The van der Waals surface area contributed by atoms with Crippen molar-refractivity contribution in [2.45, 2.75) is 25.7 Å². The number of aliphatic carboxylic acids is 1. The topological polar surface area (TPSA) is 66.4 Å². The first-order chi connectivity index (χ1) is 9.66. The van der Waals surface area contributed by atoms with Gasteiger partial charge in [0, 0.05) is 5.69 Å². The van der Waals surface area contributed by atoms with Crippen LogP contribution in [-0.2, 0) is 9.59 Å². The second-order valence-corrected chi connectivity index (χ2v) is 5.92. The fourth-order valence-corrected chi connectivity index (χ4v) is 3.93. The number of nitrogens with one attached hydrogen (secondary N) is 1. The van der Waals surface area contributed by atoms with Gasteiger partial charge in [0.1, 0.15) is 0 Å². The molecule has 106 valence electrons. The number of hydrogen-bond acceptors (Lipinski definition) is 2. The molecule has 1 aromatic carbocycles. The van der Waals surface area contributed by atoms with E-state index in [4.69, 9.17) is 0 Å². The molecule has 3 aliphatic rings. The maximum absolute atomic E-state index is 12.5. The van der Waals surface area contributed by atoms with Crippen LogP contribution in [-0.4, -0.2) is 17.0 Å². The van der Waals surface area contributed by atoms with E-state index in [1.807, 2.05) is 30.3 Å². The molecule has 4 nitrogen and oxygen atoms in total. The van der Waals surface area contributed by atoms with Crippen molar-refractivity contribution in [3.63, 3.8) is 0 Å². The van der Waals surface area contributed by atoms with Crippen LogP contribution in [0.1, 0.15) is 25.7 Å². The highest BCUT2D eigenvalue weighted by Gasteiger charge is 2.50. The first-order valence-corrected chi connectivity index (χ1v) is 7.25. The Morgan fingerprint density at radius 1 is 0.950 bits per heavy atom. The number of carbonyl (C=O) groups is 2. The van der Waals surface area contributed by atoms with Gasteiger partial charge in [-0.05, 0) is 49.7 Å². The van der Waals surface area contributed by atoms with Crippen molar-refractivity contribution in [3.05, 3.63) is 30.3 Å². The first kappa shape index (κ1) is 13.2. The molecule has 0 spiro atoms. The van der Waals surface area contributed by atoms with Crippen molar-refractivity contribution < 1.29 is 14.7 Å². The largest absolute Gasteiger partial charge is 0.481 e. The molecule has 0 saturated heterocycles. The predicted molar refractivity (Wildman–Crippen MR) is 75.1 cm³/mol. The summed E-state index contributed by atoms with van der Waals surface area (Å²) in [7, 11) is 0. The van der Waals surface area contributed by atoms with Crippen LogP contribution in [0.3, 0.4) is 0 Å². The van der Waals surface area contributed by atoms with Crippen molar-refractivity contribution in [2.75, 3.05) is 5.32 Å². The summed E-state index contributed by atoms with van der Waals surface area (Å²) in [6.45, 7) is 0. The molecule has 0 aliphatic heterocycles. The van der Waals surface area contributed by atoms with E-state index in [-0.39, 0.29) is 23.7 Å². The minimum atomic E-state index is -0.812. The minimum absolute atomic E-state index is 0.127. The fourth-order valence-electron chi connectivity index (χ4n) is 3.93. The Labute approximate surface area is 118 Å². The number of rotatable bonds is 3. The Morgan fingerprint density at radius 2 is 1.50 bits per heavy atom. The Kier molecular flexibility index (Phi) is 3.47. The summed E-state index contributed by atoms with van der Waals surface area (Å²) in [5, 5.41) is 12.3. The third-order valence-corrected chi connectivity index (χ3v) is 4.85. The average Bonchev–Trinajstić information content (AvgIpc) is 2.48. The van der Waals surface area contributed by atoms with Gasteiger partial charge < -0.3 is 10.4 Å². The lowest BCUT2D eigenvalue weighted by Crippen LogP contribution is -2.49. The van der Waals surface area contributed by atoms with Gasteiger partial charge in [0.25, 0.3) is 0 Å². The third-order valence-electron chi connectivity index (χ3n) is 4.85. The zero-order valence-corrected chi connectivity index (χ0v) is 11.3. The highest BCUT2D eigenvalue weighted by atomic mass is 16.4. The quantitative estimate of drug-likeness (QED) is 0.890. The Morgan fingerprint density at radius 3 is 2.05 bits per heavy atom. The van der Waals surface area contributed by atoms with Gasteiger partial charge in [-0.15, -0.1) is 0 Å². The lowest BCUT2D eigenvalue weighted by Gasteiger charge is -2.45. The summed E-state index contributed by atoms with van der Waals surface area (Å²) in [6, 6.07) is 9.26. The molecule has 2 N–H and O–H groups in total. The van der Waals surface area contributed by atoms with Crippen LogP contribution in [0.5, 0.6) is 0 Å². The molecule has 0 radical (unpaired) electrons. The highest BCUT2D eigenvalue weighted by Crippen LogP contribution is 2.49. The van der Waals surface area contributed by atoms with E-state index >= 15 is 0 Å². The molecule has 20 heavy (non-hydrogen) atoms. The third kappa shape index (κ3) is 2.30. The van der Waals surface area contributed by atoms with Gasteiger partial charge in [0.05, 0.1) is 11.8 Å². The predicted octanol–water partition coefficient (Wildman–Crippen LogP) is 2.76. The molecule has 2 bridgehead atoms. The molecule has 3 aliphatic carbocycles. The summed E-state index contributed by atoms with van der Waals surface area (Å²) in [4.78, 5) is 24.0. The molecule has 3 saturated carbocycles. The smallest absolute Gasteiger partial charge is 0.307 e. The standard InChI is InChI=1S/C16H19NO3/c18-15(17-12-4-2-1-3-5-12)13-10-6-8-11(9-7-10)14(13)16(19)20/h1-5,10-11,13-14H,6-9H2,(H,17,18)(H,19,20)/t10?,11?,13-,14-/m0/s1. The second-order valence-electron chi connectivity index (χ2n) is 5.92. The number of benzene rings is 1. The normalized spacial score (nSPS) is 31.8. The van der Waals surface area contributed by atoms with E-state index in [9.17, 15) is 14.7 Å². The second kappa shape index (κ2) is 5.27. The Bertz CT molecular complexity index is 506. The molecule has 1 aromatic rings. The minimum Gasteiger partial charge on any atom is -0.481 e. The van der Waals surface area contributed by atoms with Crippen LogP contribution >= 0.6 is 0 Å². The monoisotopic (exact) mass is 273 g/mol. The van der Waals surface area contributed by atoms with Crippen molar-refractivity contribution in [1.82, 2.24) is 0 Å². The van der Waals surface area contributed by atoms with Crippen molar-refractivity contribution >= 4 is 17.6 Å². The van der Waals surface area contributed by atoms with E-state index in [0.717, 1.165) is 31.4 Å². The van der Waals surface area contributed by atoms with Gasteiger partial charge in [0.15, 0.2) is 0 Å². The molecule has 3 fully saturated rings. The number of para-hydroxylation sites is 1. The molecular formula is C16H19NO3. The SMILES string of the molecule is O=C(O)[C@H]1C2CCC(CC2)[C@@H]1C(=O)Nc1ccccc1. The Hall–Kier alpha value is -1.84. The molecule has 1 amide bonds. The number of amides is 1. The van der Waals surface area contributed by atoms with Gasteiger partial charge in [-0.25, -0.2) is 0 Å². The number of carboxylic acid groups (broad SMARTS) is 1. The average molecular weight is 273 g/mol. The van der Waals surface area contributed by atoms with Gasteiger partial charge in [-0.3, -0.25) is 9.59 Å². The lowest BCUT2D eigenvalue weighted by molar-refractivity contribution is -0.156.